The van der Waals surface area contributed by atoms with Gasteiger partial charge in [-0.3, -0.25) is 4.68 Å². The summed E-state index contributed by atoms with van der Waals surface area (Å²) in [6, 6.07) is 9.58. The molecule has 3 aromatic heterocycles. The van der Waals surface area contributed by atoms with Crippen LogP contribution in [0.15, 0.2) is 35.7 Å². The van der Waals surface area contributed by atoms with Crippen LogP contribution in [0.3, 0.4) is 0 Å². The van der Waals surface area contributed by atoms with E-state index >= 15 is 0 Å². The van der Waals surface area contributed by atoms with Crippen LogP contribution in [-0.2, 0) is 13.5 Å². The van der Waals surface area contributed by atoms with Crippen molar-refractivity contribution in [3.63, 3.8) is 0 Å². The maximum atomic E-state index is 6.29. The summed E-state index contributed by atoms with van der Waals surface area (Å²) in [6.45, 7) is 2.14. The van der Waals surface area contributed by atoms with Crippen LogP contribution in [0.5, 0.6) is 5.75 Å². The van der Waals surface area contributed by atoms with Crippen LogP contribution in [0.2, 0.25) is 5.02 Å². The second-order valence-electron chi connectivity index (χ2n) is 6.36. The minimum absolute atomic E-state index is 0.535. The van der Waals surface area contributed by atoms with E-state index in [9.17, 15) is 0 Å². The third-order valence-electron chi connectivity index (χ3n) is 4.39. The van der Waals surface area contributed by atoms with Crippen LogP contribution < -0.4 is 10.1 Å². The van der Waals surface area contributed by atoms with Gasteiger partial charge in [0.1, 0.15) is 16.8 Å². The van der Waals surface area contributed by atoms with Crippen molar-refractivity contribution in [3.05, 3.63) is 46.4 Å². The van der Waals surface area contributed by atoms with Crippen LogP contribution in [0.1, 0.15) is 19.0 Å². The number of ether oxygens (including phenoxy) is 1. The van der Waals surface area contributed by atoms with Crippen molar-refractivity contribution >= 4 is 45.5 Å². The van der Waals surface area contributed by atoms with Crippen LogP contribution in [0.25, 0.3) is 21.7 Å². The number of rotatable bonds is 6. The van der Waals surface area contributed by atoms with Crippen molar-refractivity contribution in [2.45, 2.75) is 19.8 Å². The minimum Gasteiger partial charge on any atom is -0.495 e. The Hall–Kier alpha value is -2.64. The minimum atomic E-state index is 0.535. The molecule has 0 aliphatic carbocycles. The average molecular weight is 414 g/mol. The summed E-state index contributed by atoms with van der Waals surface area (Å²) >= 11 is 7.90. The van der Waals surface area contributed by atoms with E-state index in [1.165, 1.54) is 0 Å². The summed E-state index contributed by atoms with van der Waals surface area (Å²) in [4.78, 5) is 10.7. The molecule has 0 bridgehead atoms. The molecule has 0 amide bonds. The Morgan fingerprint density at radius 2 is 2.11 bits per heavy atom. The molecule has 0 saturated carbocycles. The molecule has 28 heavy (non-hydrogen) atoms. The second kappa shape index (κ2) is 7.77. The molecule has 0 fully saturated rings. The van der Waals surface area contributed by atoms with Gasteiger partial charge in [0.25, 0.3) is 0 Å². The van der Waals surface area contributed by atoms with Gasteiger partial charge in [-0.2, -0.15) is 5.10 Å². The number of hydrogen-bond donors (Lipinski definition) is 1. The lowest BCUT2D eigenvalue weighted by molar-refractivity contribution is 0.415. The SMILES string of the molecule is CCCc1nn(C)c2c(Nc3ccc(OC)c(Cl)c3)nc(-c3cccs3)nc12. The highest BCUT2D eigenvalue weighted by Gasteiger charge is 2.18. The van der Waals surface area contributed by atoms with Crippen LogP contribution >= 0.6 is 22.9 Å². The van der Waals surface area contributed by atoms with E-state index < -0.39 is 0 Å². The lowest BCUT2D eigenvalue weighted by atomic mass is 10.2. The number of hydrogen-bond acceptors (Lipinski definition) is 6. The molecule has 6 nitrogen and oxygen atoms in total. The summed E-state index contributed by atoms with van der Waals surface area (Å²) in [5, 5.41) is 10.6. The third kappa shape index (κ3) is 3.43. The van der Waals surface area contributed by atoms with Gasteiger partial charge in [-0.1, -0.05) is 31.0 Å². The highest BCUT2D eigenvalue weighted by Crippen LogP contribution is 2.33. The molecule has 3 heterocycles. The Balaban J connectivity index is 1.87. The second-order valence-corrected chi connectivity index (χ2v) is 7.72. The van der Waals surface area contributed by atoms with E-state index in [4.69, 9.17) is 26.3 Å². The fourth-order valence-electron chi connectivity index (χ4n) is 3.13. The topological polar surface area (TPSA) is 64.9 Å². The summed E-state index contributed by atoms with van der Waals surface area (Å²) < 4.78 is 7.08. The van der Waals surface area contributed by atoms with Gasteiger partial charge in [0.15, 0.2) is 11.6 Å². The van der Waals surface area contributed by atoms with Gasteiger partial charge in [0, 0.05) is 12.7 Å². The number of aryl methyl sites for hydroxylation is 2. The fraction of sp³-hybridized carbons (Fsp3) is 0.250. The molecule has 4 rings (SSSR count). The smallest absolute Gasteiger partial charge is 0.172 e. The quantitative estimate of drug-likeness (QED) is 0.455. The highest BCUT2D eigenvalue weighted by molar-refractivity contribution is 7.13. The molecule has 0 unspecified atom stereocenters. The van der Waals surface area contributed by atoms with Crippen molar-refractivity contribution in [2.24, 2.45) is 7.05 Å². The van der Waals surface area contributed by atoms with E-state index in [-0.39, 0.29) is 0 Å². The van der Waals surface area contributed by atoms with Gasteiger partial charge in [-0.15, -0.1) is 11.3 Å². The maximum Gasteiger partial charge on any atom is 0.172 e. The van der Waals surface area contributed by atoms with E-state index in [1.54, 1.807) is 18.4 Å². The van der Waals surface area contributed by atoms with Gasteiger partial charge >= 0.3 is 0 Å². The number of nitrogens with zero attached hydrogens (tertiary/aromatic N) is 4. The largest absolute Gasteiger partial charge is 0.495 e. The number of methoxy groups -OCH3 is 1. The molecular formula is C20H20ClN5OS. The lowest BCUT2D eigenvalue weighted by Gasteiger charge is -2.11. The standard InChI is InChI=1S/C20H20ClN5OS/c1-4-6-14-17-18(26(2)25-14)20(24-19(23-17)16-7-5-10-28-16)22-12-8-9-15(27-3)13(21)11-12/h5,7-11H,4,6H2,1-3H3,(H,22,23,24). The molecule has 8 heteroatoms. The molecule has 0 radical (unpaired) electrons. The van der Waals surface area contributed by atoms with E-state index in [0.29, 0.717) is 22.4 Å². The van der Waals surface area contributed by atoms with Crippen molar-refractivity contribution in [1.29, 1.82) is 0 Å². The summed E-state index contributed by atoms with van der Waals surface area (Å²) in [7, 11) is 3.52. The Morgan fingerprint density at radius 3 is 2.79 bits per heavy atom. The van der Waals surface area contributed by atoms with Gasteiger partial charge in [0.05, 0.1) is 22.7 Å². The molecule has 1 N–H and O–H groups in total. The molecule has 144 valence electrons. The number of fused-ring (bicyclic) bond motifs is 1. The first-order valence-corrected chi connectivity index (χ1v) is 10.2. The number of benzene rings is 1. The number of aromatic nitrogens is 4. The lowest BCUT2D eigenvalue weighted by Crippen LogP contribution is -2.01. The average Bonchev–Trinajstić information content (AvgIpc) is 3.31. The first-order chi connectivity index (χ1) is 13.6. The van der Waals surface area contributed by atoms with E-state index in [0.717, 1.165) is 40.1 Å². The Labute approximate surface area is 172 Å². The van der Waals surface area contributed by atoms with Gasteiger partial charge in [0.2, 0.25) is 0 Å². The zero-order valence-electron chi connectivity index (χ0n) is 15.9. The van der Waals surface area contributed by atoms with Crippen LogP contribution in [-0.4, -0.2) is 26.9 Å². The van der Waals surface area contributed by atoms with Crippen molar-refractivity contribution in [2.75, 3.05) is 12.4 Å². The van der Waals surface area contributed by atoms with Gasteiger partial charge in [-0.05, 0) is 36.1 Å². The summed E-state index contributed by atoms with van der Waals surface area (Å²) in [5.74, 6) is 2.02. The molecule has 0 aliphatic heterocycles. The molecular weight excluding hydrogens is 394 g/mol. The van der Waals surface area contributed by atoms with Gasteiger partial charge < -0.3 is 10.1 Å². The molecule has 0 aliphatic rings. The molecule has 0 atom stereocenters. The maximum absolute atomic E-state index is 6.29. The third-order valence-corrected chi connectivity index (χ3v) is 5.56. The number of thiophene rings is 1. The number of halogens is 1. The Bertz CT molecular complexity index is 1120. The van der Waals surface area contributed by atoms with E-state index in [1.807, 2.05) is 47.4 Å². The molecule has 4 aromatic rings. The predicted octanol–water partition coefficient (Wildman–Crippen LogP) is 5.45. The van der Waals surface area contributed by atoms with Gasteiger partial charge in [-0.25, -0.2) is 9.97 Å². The molecule has 0 spiro atoms. The Morgan fingerprint density at radius 1 is 1.25 bits per heavy atom. The number of anilines is 2. The Kier molecular flexibility index (Phi) is 5.19. The van der Waals surface area contributed by atoms with Crippen molar-refractivity contribution in [1.82, 2.24) is 19.7 Å². The predicted molar refractivity (Wildman–Crippen MR) is 115 cm³/mol. The highest BCUT2D eigenvalue weighted by atomic mass is 35.5. The first-order valence-electron chi connectivity index (χ1n) is 8.98. The van der Waals surface area contributed by atoms with E-state index in [2.05, 4.69) is 17.3 Å². The van der Waals surface area contributed by atoms with Crippen molar-refractivity contribution in [3.8, 4) is 16.5 Å². The number of nitrogens with one attached hydrogen (secondary N) is 1. The monoisotopic (exact) mass is 413 g/mol. The first kappa shape index (κ1) is 18.7. The summed E-state index contributed by atoms with van der Waals surface area (Å²) in [6.07, 6.45) is 1.87. The normalized spacial score (nSPS) is 11.1. The molecule has 1 aromatic carbocycles. The fourth-order valence-corrected chi connectivity index (χ4v) is 4.05. The zero-order valence-corrected chi connectivity index (χ0v) is 17.4. The van der Waals surface area contributed by atoms with Crippen molar-refractivity contribution < 1.29 is 4.74 Å². The van der Waals surface area contributed by atoms with Crippen LogP contribution in [0, 0.1) is 0 Å². The summed E-state index contributed by atoms with van der Waals surface area (Å²) in [5.41, 5.74) is 3.55. The zero-order chi connectivity index (χ0) is 19.7. The molecule has 0 saturated heterocycles. The van der Waals surface area contributed by atoms with Crippen LogP contribution in [0.4, 0.5) is 11.5 Å².